The van der Waals surface area contributed by atoms with E-state index in [4.69, 9.17) is 0 Å². The lowest BCUT2D eigenvalue weighted by atomic mass is 10.1. The molecule has 0 aliphatic rings. The summed E-state index contributed by atoms with van der Waals surface area (Å²) in [7, 11) is 0. The maximum atomic E-state index is 13.0. The number of carbonyl (C=O) groups excluding carboxylic acids is 2. The van der Waals surface area contributed by atoms with Crippen molar-refractivity contribution < 1.29 is 14.0 Å². The van der Waals surface area contributed by atoms with Gasteiger partial charge in [-0.2, -0.15) is 0 Å². The molecule has 9 heteroatoms. The van der Waals surface area contributed by atoms with Crippen LogP contribution in [0.1, 0.15) is 39.3 Å². The topological polar surface area (TPSA) is 84.0 Å². The van der Waals surface area contributed by atoms with Crippen molar-refractivity contribution in [2.45, 2.75) is 31.8 Å². The molecule has 174 valence electrons. The van der Waals surface area contributed by atoms with Crippen molar-refractivity contribution in [3.8, 4) is 0 Å². The number of nitrogens with one attached hydrogen (secondary N) is 2. The lowest BCUT2D eigenvalue weighted by molar-refractivity contribution is -0.119. The van der Waals surface area contributed by atoms with Gasteiger partial charge in [-0.05, 0) is 68.3 Å². The molecule has 0 saturated carbocycles. The zero-order valence-corrected chi connectivity index (χ0v) is 20.5. The molecule has 0 fully saturated rings. The average Bonchev–Trinajstić information content (AvgIpc) is 3.12. The molecular weight excluding hydrogens is 471 g/mol. The largest absolute Gasteiger partial charge is 0.349 e. The number of amides is 2. The summed E-state index contributed by atoms with van der Waals surface area (Å²) in [4.78, 5) is 35.7. The van der Waals surface area contributed by atoms with E-state index in [-0.39, 0.29) is 23.6 Å². The van der Waals surface area contributed by atoms with Crippen LogP contribution in [0.2, 0.25) is 0 Å². The van der Waals surface area contributed by atoms with Crippen molar-refractivity contribution in [1.29, 1.82) is 0 Å². The molecule has 2 amide bonds. The van der Waals surface area contributed by atoms with Crippen LogP contribution in [0.5, 0.6) is 0 Å². The van der Waals surface area contributed by atoms with Gasteiger partial charge in [-0.1, -0.05) is 23.9 Å². The standard InChI is InChI=1S/C25H23FN4O2S2/c1-14-16(3)34-25-22(14)24(27-13-28-25)33-12-21(31)29-15(2)17-6-10-20(11-7-17)30-23(32)18-4-8-19(26)9-5-18/h4-11,13,15H,12H2,1-3H3,(H,29,31)(H,30,32). The number of carbonyl (C=O) groups is 2. The Morgan fingerprint density at radius 1 is 1.06 bits per heavy atom. The first-order valence-corrected chi connectivity index (χ1v) is 12.4. The Balaban J connectivity index is 1.33. The summed E-state index contributed by atoms with van der Waals surface area (Å²) in [5.74, 6) is -0.558. The van der Waals surface area contributed by atoms with Crippen LogP contribution in [0.4, 0.5) is 10.1 Å². The number of nitrogens with zero attached hydrogens (tertiary/aromatic N) is 2. The van der Waals surface area contributed by atoms with Gasteiger partial charge in [0.1, 0.15) is 22.0 Å². The molecule has 2 aromatic heterocycles. The fourth-order valence-corrected chi connectivity index (χ4v) is 5.35. The van der Waals surface area contributed by atoms with Gasteiger partial charge in [-0.25, -0.2) is 14.4 Å². The van der Waals surface area contributed by atoms with Gasteiger partial charge >= 0.3 is 0 Å². The molecule has 34 heavy (non-hydrogen) atoms. The molecule has 2 aromatic carbocycles. The molecule has 6 nitrogen and oxygen atoms in total. The van der Waals surface area contributed by atoms with Crippen molar-refractivity contribution in [1.82, 2.24) is 15.3 Å². The molecule has 0 aliphatic heterocycles. The minimum absolute atomic E-state index is 0.0949. The number of benzene rings is 2. The molecule has 1 unspecified atom stereocenters. The van der Waals surface area contributed by atoms with Crippen LogP contribution in [0.3, 0.4) is 0 Å². The van der Waals surface area contributed by atoms with Crippen LogP contribution >= 0.6 is 23.1 Å². The molecule has 2 N–H and O–H groups in total. The van der Waals surface area contributed by atoms with E-state index in [1.165, 1.54) is 47.2 Å². The highest BCUT2D eigenvalue weighted by molar-refractivity contribution is 8.00. The maximum absolute atomic E-state index is 13.0. The molecule has 0 bridgehead atoms. The van der Waals surface area contributed by atoms with Crippen molar-refractivity contribution in [3.63, 3.8) is 0 Å². The van der Waals surface area contributed by atoms with Gasteiger partial charge in [0.05, 0.1) is 11.8 Å². The average molecular weight is 495 g/mol. The van der Waals surface area contributed by atoms with Gasteiger partial charge in [0.15, 0.2) is 0 Å². The summed E-state index contributed by atoms with van der Waals surface area (Å²) in [5.41, 5.74) is 3.05. The molecule has 4 rings (SSSR count). The van der Waals surface area contributed by atoms with E-state index in [0.717, 1.165) is 26.4 Å². The van der Waals surface area contributed by atoms with E-state index >= 15 is 0 Å². The highest BCUT2D eigenvalue weighted by Gasteiger charge is 2.15. The Kier molecular flexibility index (Phi) is 7.23. The van der Waals surface area contributed by atoms with Gasteiger partial charge in [0.2, 0.25) is 5.91 Å². The Bertz CT molecular complexity index is 1340. The van der Waals surface area contributed by atoms with Crippen LogP contribution in [0.15, 0.2) is 59.9 Å². The summed E-state index contributed by atoms with van der Waals surface area (Å²) in [5, 5.41) is 7.62. The fraction of sp³-hybridized carbons (Fsp3) is 0.200. The predicted octanol–water partition coefficient (Wildman–Crippen LogP) is 5.67. The lowest BCUT2D eigenvalue weighted by Gasteiger charge is -2.15. The Labute approximate surface area is 205 Å². The zero-order valence-electron chi connectivity index (χ0n) is 18.9. The number of rotatable bonds is 7. The van der Waals surface area contributed by atoms with Crippen LogP contribution in [0.25, 0.3) is 10.2 Å². The molecule has 0 saturated heterocycles. The summed E-state index contributed by atoms with van der Waals surface area (Å²) >= 11 is 3.04. The number of aryl methyl sites for hydroxylation is 2. The van der Waals surface area contributed by atoms with E-state index < -0.39 is 5.82 Å². The highest BCUT2D eigenvalue weighted by Crippen LogP contribution is 2.34. The van der Waals surface area contributed by atoms with E-state index in [1.807, 2.05) is 19.1 Å². The molecule has 2 heterocycles. The normalized spacial score (nSPS) is 11.9. The minimum Gasteiger partial charge on any atom is -0.349 e. The third kappa shape index (κ3) is 5.43. The summed E-state index contributed by atoms with van der Waals surface area (Å²) in [6.45, 7) is 6.02. The Morgan fingerprint density at radius 2 is 1.76 bits per heavy atom. The number of aromatic nitrogens is 2. The van der Waals surface area contributed by atoms with Crippen molar-refractivity contribution in [2.24, 2.45) is 0 Å². The summed E-state index contributed by atoms with van der Waals surface area (Å²) < 4.78 is 13.0. The van der Waals surface area contributed by atoms with Crippen molar-refractivity contribution in [2.75, 3.05) is 11.1 Å². The number of thiophene rings is 1. The second-order valence-electron chi connectivity index (χ2n) is 7.80. The number of thioether (sulfide) groups is 1. The molecule has 4 aromatic rings. The van der Waals surface area contributed by atoms with E-state index in [9.17, 15) is 14.0 Å². The predicted molar refractivity (Wildman–Crippen MR) is 135 cm³/mol. The van der Waals surface area contributed by atoms with Crippen molar-refractivity contribution >= 4 is 50.8 Å². The number of anilines is 1. The monoisotopic (exact) mass is 494 g/mol. The Hall–Kier alpha value is -3.30. The first-order chi connectivity index (χ1) is 16.3. The zero-order chi connectivity index (χ0) is 24.2. The third-order valence-electron chi connectivity index (χ3n) is 5.42. The van der Waals surface area contributed by atoms with Gasteiger partial charge < -0.3 is 10.6 Å². The van der Waals surface area contributed by atoms with Crippen LogP contribution < -0.4 is 10.6 Å². The number of hydrogen-bond acceptors (Lipinski definition) is 6. The minimum atomic E-state index is -0.391. The SMILES string of the molecule is Cc1sc2ncnc(SCC(=O)NC(C)c3ccc(NC(=O)c4ccc(F)cc4)cc3)c2c1C. The van der Waals surface area contributed by atoms with Gasteiger partial charge in [-0.15, -0.1) is 11.3 Å². The first-order valence-electron chi connectivity index (χ1n) is 10.6. The third-order valence-corrected chi connectivity index (χ3v) is 7.53. The summed E-state index contributed by atoms with van der Waals surface area (Å²) in [6.07, 6.45) is 1.54. The highest BCUT2D eigenvalue weighted by atomic mass is 32.2. The van der Waals surface area contributed by atoms with Crippen molar-refractivity contribution in [3.05, 3.63) is 82.2 Å². The molecule has 1 atom stereocenters. The lowest BCUT2D eigenvalue weighted by Crippen LogP contribution is -2.28. The Morgan fingerprint density at radius 3 is 2.47 bits per heavy atom. The number of hydrogen-bond donors (Lipinski definition) is 2. The first kappa shape index (κ1) is 23.8. The van der Waals surface area contributed by atoms with Crippen LogP contribution in [0, 0.1) is 19.7 Å². The van der Waals surface area contributed by atoms with Gasteiger partial charge in [0, 0.05) is 21.5 Å². The molecule has 0 aliphatic carbocycles. The van der Waals surface area contributed by atoms with E-state index in [2.05, 4.69) is 34.4 Å². The number of fused-ring (bicyclic) bond motifs is 1. The van der Waals surface area contributed by atoms with Gasteiger partial charge in [0.25, 0.3) is 5.91 Å². The smallest absolute Gasteiger partial charge is 0.255 e. The van der Waals surface area contributed by atoms with E-state index in [0.29, 0.717) is 11.3 Å². The molecule has 0 spiro atoms. The van der Waals surface area contributed by atoms with Gasteiger partial charge in [-0.3, -0.25) is 9.59 Å². The second kappa shape index (κ2) is 10.3. The second-order valence-corrected chi connectivity index (χ2v) is 9.97. The van der Waals surface area contributed by atoms with Crippen LogP contribution in [-0.4, -0.2) is 27.5 Å². The molecular formula is C25H23FN4O2S2. The van der Waals surface area contributed by atoms with Crippen LogP contribution in [-0.2, 0) is 4.79 Å². The quantitative estimate of drug-likeness (QED) is 0.256. The maximum Gasteiger partial charge on any atom is 0.255 e. The number of halogens is 1. The van der Waals surface area contributed by atoms with E-state index in [1.54, 1.807) is 23.5 Å². The fourth-order valence-electron chi connectivity index (χ4n) is 3.42. The summed E-state index contributed by atoms with van der Waals surface area (Å²) in [6, 6.07) is 12.4. The molecule has 0 radical (unpaired) electrons.